The lowest BCUT2D eigenvalue weighted by Gasteiger charge is -2.10. The minimum absolute atomic E-state index is 0.689. The third kappa shape index (κ3) is 1.73. The first kappa shape index (κ1) is 9.77. The molecular weight excluding hydrogens is 186 g/mol. The summed E-state index contributed by atoms with van der Waals surface area (Å²) in [6, 6.07) is 4.31. The van der Waals surface area contributed by atoms with E-state index >= 15 is 0 Å². The van der Waals surface area contributed by atoms with E-state index in [9.17, 15) is 0 Å². The maximum atomic E-state index is 5.66. The van der Waals surface area contributed by atoms with Gasteiger partial charge in [0.2, 0.25) is 0 Å². The highest BCUT2D eigenvalue weighted by Crippen LogP contribution is 2.20. The number of hydrogen-bond acceptors (Lipinski definition) is 2. The molecule has 0 atom stereocenters. The lowest BCUT2D eigenvalue weighted by atomic mass is 10.1. The minimum atomic E-state index is 0.689. The van der Waals surface area contributed by atoms with Crippen LogP contribution in [0.3, 0.4) is 0 Å². The number of nitrogens with zero attached hydrogens (tertiary/aromatic N) is 2. The fourth-order valence-corrected chi connectivity index (χ4v) is 1.99. The molecule has 1 aromatic carbocycles. The van der Waals surface area contributed by atoms with Crippen LogP contribution in [-0.4, -0.2) is 9.78 Å². The van der Waals surface area contributed by atoms with Gasteiger partial charge in [0.25, 0.3) is 0 Å². The summed E-state index contributed by atoms with van der Waals surface area (Å²) in [6.07, 6.45) is 3.50. The molecule has 0 aliphatic carbocycles. The first-order chi connectivity index (χ1) is 7.08. The second-order valence-corrected chi connectivity index (χ2v) is 3.97. The Morgan fingerprint density at radius 3 is 2.20 bits per heavy atom. The van der Waals surface area contributed by atoms with Crippen LogP contribution in [0.15, 0.2) is 24.5 Å². The summed E-state index contributed by atoms with van der Waals surface area (Å²) >= 11 is 0. The van der Waals surface area contributed by atoms with Crippen molar-refractivity contribution in [3.8, 4) is 5.69 Å². The Labute approximate surface area is 89.5 Å². The van der Waals surface area contributed by atoms with Gasteiger partial charge in [0.05, 0.1) is 23.8 Å². The third-order valence-electron chi connectivity index (χ3n) is 2.47. The Balaban J connectivity index is 2.62. The van der Waals surface area contributed by atoms with Crippen molar-refractivity contribution < 1.29 is 0 Å². The fourth-order valence-electron chi connectivity index (χ4n) is 1.99. The van der Waals surface area contributed by atoms with E-state index in [1.807, 2.05) is 10.9 Å². The largest absolute Gasteiger partial charge is 0.396 e. The third-order valence-corrected chi connectivity index (χ3v) is 2.47. The molecule has 1 heterocycles. The van der Waals surface area contributed by atoms with Gasteiger partial charge in [-0.05, 0) is 31.9 Å². The molecule has 0 aliphatic rings. The molecule has 0 spiro atoms. The van der Waals surface area contributed by atoms with Gasteiger partial charge in [-0.25, -0.2) is 4.68 Å². The zero-order valence-corrected chi connectivity index (χ0v) is 9.28. The molecule has 3 nitrogen and oxygen atoms in total. The normalized spacial score (nSPS) is 10.6. The van der Waals surface area contributed by atoms with Crippen LogP contribution in [0.1, 0.15) is 16.7 Å². The van der Waals surface area contributed by atoms with Crippen molar-refractivity contribution in [3.63, 3.8) is 0 Å². The first-order valence-electron chi connectivity index (χ1n) is 4.96. The van der Waals surface area contributed by atoms with E-state index in [-0.39, 0.29) is 0 Å². The number of hydrogen-bond donors (Lipinski definition) is 1. The summed E-state index contributed by atoms with van der Waals surface area (Å²) in [7, 11) is 0. The summed E-state index contributed by atoms with van der Waals surface area (Å²) in [4.78, 5) is 0. The van der Waals surface area contributed by atoms with Crippen molar-refractivity contribution in [2.75, 3.05) is 5.73 Å². The number of anilines is 1. The van der Waals surface area contributed by atoms with Crippen molar-refractivity contribution in [2.24, 2.45) is 0 Å². The van der Waals surface area contributed by atoms with Crippen molar-refractivity contribution in [1.29, 1.82) is 0 Å². The van der Waals surface area contributed by atoms with E-state index in [1.54, 1.807) is 6.20 Å². The van der Waals surface area contributed by atoms with Crippen LogP contribution < -0.4 is 5.73 Å². The second-order valence-electron chi connectivity index (χ2n) is 3.97. The molecule has 0 amide bonds. The van der Waals surface area contributed by atoms with Gasteiger partial charge in [0, 0.05) is 0 Å². The Hall–Kier alpha value is -1.77. The molecule has 0 radical (unpaired) electrons. The molecule has 0 fully saturated rings. The molecule has 2 aromatic rings. The zero-order valence-electron chi connectivity index (χ0n) is 9.28. The van der Waals surface area contributed by atoms with E-state index in [0.29, 0.717) is 5.69 Å². The molecule has 0 bridgehead atoms. The van der Waals surface area contributed by atoms with Gasteiger partial charge < -0.3 is 5.73 Å². The lowest BCUT2D eigenvalue weighted by molar-refractivity contribution is 0.864. The molecule has 0 unspecified atom stereocenters. The quantitative estimate of drug-likeness (QED) is 0.769. The van der Waals surface area contributed by atoms with Crippen molar-refractivity contribution in [1.82, 2.24) is 9.78 Å². The Bertz CT molecular complexity index is 474. The lowest BCUT2D eigenvalue weighted by Crippen LogP contribution is -2.01. The molecule has 15 heavy (non-hydrogen) atoms. The Kier molecular flexibility index (Phi) is 2.23. The van der Waals surface area contributed by atoms with Gasteiger partial charge in [0.15, 0.2) is 0 Å². The molecule has 0 aliphatic heterocycles. The highest BCUT2D eigenvalue weighted by molar-refractivity contribution is 5.50. The molecule has 0 saturated heterocycles. The van der Waals surface area contributed by atoms with E-state index in [1.165, 1.54) is 16.7 Å². The fraction of sp³-hybridized carbons (Fsp3) is 0.250. The zero-order chi connectivity index (χ0) is 11.0. The van der Waals surface area contributed by atoms with E-state index in [0.717, 1.165) is 5.69 Å². The number of aromatic nitrogens is 2. The Morgan fingerprint density at radius 2 is 1.73 bits per heavy atom. The standard InChI is InChI=1S/C12H15N3/c1-8-4-9(2)12(10(3)5-8)15-7-11(13)6-14-15/h4-7H,13H2,1-3H3. The number of nitrogens with two attached hydrogens (primary N) is 1. The first-order valence-corrected chi connectivity index (χ1v) is 4.96. The topological polar surface area (TPSA) is 43.8 Å². The maximum absolute atomic E-state index is 5.66. The number of nitrogen functional groups attached to an aromatic ring is 1. The molecular formula is C12H15N3. The SMILES string of the molecule is Cc1cc(C)c(-n2cc(N)cn2)c(C)c1. The van der Waals surface area contributed by atoms with Gasteiger partial charge in [-0.3, -0.25) is 0 Å². The number of aryl methyl sites for hydroxylation is 3. The van der Waals surface area contributed by atoms with Gasteiger partial charge in [-0.15, -0.1) is 0 Å². The van der Waals surface area contributed by atoms with E-state index < -0.39 is 0 Å². The number of benzene rings is 1. The van der Waals surface area contributed by atoms with Gasteiger partial charge in [-0.1, -0.05) is 17.7 Å². The van der Waals surface area contributed by atoms with Crippen LogP contribution in [0.2, 0.25) is 0 Å². The molecule has 3 heteroatoms. The molecule has 78 valence electrons. The predicted molar refractivity (Wildman–Crippen MR) is 62.2 cm³/mol. The highest BCUT2D eigenvalue weighted by atomic mass is 15.3. The summed E-state index contributed by atoms with van der Waals surface area (Å²) in [5.74, 6) is 0. The van der Waals surface area contributed by atoms with Crippen LogP contribution in [0.4, 0.5) is 5.69 Å². The van der Waals surface area contributed by atoms with Crippen LogP contribution in [0, 0.1) is 20.8 Å². The highest BCUT2D eigenvalue weighted by Gasteiger charge is 2.06. The summed E-state index contributed by atoms with van der Waals surface area (Å²) in [6.45, 7) is 6.28. The maximum Gasteiger partial charge on any atom is 0.0724 e. The molecule has 0 saturated carbocycles. The van der Waals surface area contributed by atoms with Gasteiger partial charge in [-0.2, -0.15) is 5.10 Å². The van der Waals surface area contributed by atoms with E-state index in [4.69, 9.17) is 5.73 Å². The minimum Gasteiger partial charge on any atom is -0.396 e. The average Bonchev–Trinajstić information content (AvgIpc) is 2.49. The monoisotopic (exact) mass is 201 g/mol. The molecule has 1 aromatic heterocycles. The molecule has 2 rings (SSSR count). The van der Waals surface area contributed by atoms with Crippen LogP contribution in [-0.2, 0) is 0 Å². The smallest absolute Gasteiger partial charge is 0.0724 e. The van der Waals surface area contributed by atoms with Crippen molar-refractivity contribution in [3.05, 3.63) is 41.2 Å². The predicted octanol–water partition coefficient (Wildman–Crippen LogP) is 2.38. The molecule has 2 N–H and O–H groups in total. The summed E-state index contributed by atoms with van der Waals surface area (Å²) in [5.41, 5.74) is 11.2. The Morgan fingerprint density at radius 1 is 1.13 bits per heavy atom. The average molecular weight is 201 g/mol. The van der Waals surface area contributed by atoms with Crippen LogP contribution >= 0.6 is 0 Å². The van der Waals surface area contributed by atoms with Crippen LogP contribution in [0.25, 0.3) is 5.69 Å². The van der Waals surface area contributed by atoms with Crippen molar-refractivity contribution >= 4 is 5.69 Å². The van der Waals surface area contributed by atoms with E-state index in [2.05, 4.69) is 38.0 Å². The van der Waals surface area contributed by atoms with Crippen LogP contribution in [0.5, 0.6) is 0 Å². The van der Waals surface area contributed by atoms with Gasteiger partial charge in [0.1, 0.15) is 0 Å². The van der Waals surface area contributed by atoms with Crippen molar-refractivity contribution in [2.45, 2.75) is 20.8 Å². The number of rotatable bonds is 1. The summed E-state index contributed by atoms with van der Waals surface area (Å²) in [5, 5.41) is 4.23. The van der Waals surface area contributed by atoms with Gasteiger partial charge >= 0.3 is 0 Å². The summed E-state index contributed by atoms with van der Waals surface area (Å²) < 4.78 is 1.83. The second kappa shape index (κ2) is 3.42.